The Balaban J connectivity index is 3.19. The molecule has 2 atom stereocenters. The topological polar surface area (TPSA) is 52.0 Å². The quantitative estimate of drug-likeness (QED) is 0.515. The van der Waals surface area contributed by atoms with Crippen molar-refractivity contribution in [3.8, 4) is 0 Å². The fraction of sp³-hybridized carbons (Fsp3) is 0.444. The summed E-state index contributed by atoms with van der Waals surface area (Å²) in [5.41, 5.74) is 13.9. The van der Waals surface area contributed by atoms with Gasteiger partial charge in [0.25, 0.3) is 0 Å². The van der Waals surface area contributed by atoms with Crippen LogP contribution in [-0.2, 0) is 0 Å². The van der Waals surface area contributed by atoms with Crippen LogP contribution in [0.3, 0.4) is 0 Å². The van der Waals surface area contributed by atoms with Gasteiger partial charge in [0.1, 0.15) is 0 Å². The Labute approximate surface area is 92.2 Å². The number of rotatable bonds is 0. The summed E-state index contributed by atoms with van der Waals surface area (Å²) in [7, 11) is 0. The second-order valence-electron chi connectivity index (χ2n) is 3.36. The molecule has 2 unspecified atom stereocenters. The monoisotopic (exact) mass is 260 g/mol. The minimum absolute atomic E-state index is 0.199. The van der Waals surface area contributed by atoms with Crippen LogP contribution in [0.2, 0.25) is 0 Å². The molecular formula is C9H13BrN2S. The molecule has 0 amide bonds. The van der Waals surface area contributed by atoms with E-state index in [1.807, 2.05) is 19.9 Å². The van der Waals surface area contributed by atoms with Crippen LogP contribution >= 0.6 is 28.1 Å². The highest BCUT2D eigenvalue weighted by atomic mass is 79.9. The standard InChI is InChI=1S/C9H13BrN2S/c1-4(2)5-3-6(10)7(11)8(12)9(5)13/h3,7-8H,11-12H2,1-2H3. The Hall–Kier alpha value is -0.0300. The molecule has 0 radical (unpaired) electrons. The third kappa shape index (κ3) is 2.07. The van der Waals surface area contributed by atoms with Gasteiger partial charge in [-0.25, -0.2) is 0 Å². The number of allylic oxidation sites excluding steroid dienone is 2. The molecule has 4 heteroatoms. The molecule has 1 rings (SSSR count). The van der Waals surface area contributed by atoms with Crippen LogP contribution in [0.1, 0.15) is 13.8 Å². The van der Waals surface area contributed by atoms with Crippen molar-refractivity contribution in [1.82, 2.24) is 0 Å². The first-order valence-electron chi connectivity index (χ1n) is 4.05. The Kier molecular flexibility index (Phi) is 3.40. The van der Waals surface area contributed by atoms with Crippen LogP contribution in [0.4, 0.5) is 0 Å². The largest absolute Gasteiger partial charge is 0.322 e. The van der Waals surface area contributed by atoms with E-state index >= 15 is 0 Å². The van der Waals surface area contributed by atoms with E-state index in [1.165, 1.54) is 5.57 Å². The van der Waals surface area contributed by atoms with Crippen molar-refractivity contribution < 1.29 is 0 Å². The molecule has 0 bridgehead atoms. The predicted octanol–water partition coefficient (Wildman–Crippen LogP) is 1.64. The fourth-order valence-corrected chi connectivity index (χ4v) is 2.13. The van der Waals surface area contributed by atoms with Gasteiger partial charge in [-0.3, -0.25) is 0 Å². The zero-order chi connectivity index (χ0) is 10.2. The second kappa shape index (κ2) is 4.00. The van der Waals surface area contributed by atoms with Crippen LogP contribution in [0.15, 0.2) is 21.7 Å². The molecule has 72 valence electrons. The van der Waals surface area contributed by atoms with E-state index in [0.29, 0.717) is 0 Å². The van der Waals surface area contributed by atoms with Crippen molar-refractivity contribution in [1.29, 1.82) is 0 Å². The van der Waals surface area contributed by atoms with Gasteiger partial charge in [0.15, 0.2) is 0 Å². The zero-order valence-electron chi connectivity index (χ0n) is 7.67. The van der Waals surface area contributed by atoms with Gasteiger partial charge in [-0.05, 0) is 25.5 Å². The lowest BCUT2D eigenvalue weighted by atomic mass is 9.91. The van der Waals surface area contributed by atoms with Crippen molar-refractivity contribution >= 4 is 33.0 Å². The lowest BCUT2D eigenvalue weighted by molar-refractivity contribution is 0.727. The van der Waals surface area contributed by atoms with E-state index in [2.05, 4.69) is 15.9 Å². The van der Waals surface area contributed by atoms with Gasteiger partial charge in [-0.1, -0.05) is 33.7 Å². The van der Waals surface area contributed by atoms with Gasteiger partial charge < -0.3 is 11.5 Å². The normalized spacial score (nSPS) is 28.8. The summed E-state index contributed by atoms with van der Waals surface area (Å²) >= 11 is 8.62. The molecule has 0 aromatic carbocycles. The van der Waals surface area contributed by atoms with Gasteiger partial charge in [0.05, 0.1) is 12.1 Å². The summed E-state index contributed by atoms with van der Waals surface area (Å²) in [5.74, 6) is 0. The first-order chi connectivity index (χ1) is 5.95. The molecule has 2 nitrogen and oxygen atoms in total. The van der Waals surface area contributed by atoms with Gasteiger partial charge in [0, 0.05) is 9.35 Å². The van der Waals surface area contributed by atoms with E-state index in [0.717, 1.165) is 14.9 Å². The van der Waals surface area contributed by atoms with Gasteiger partial charge in [-0.15, -0.1) is 0 Å². The van der Waals surface area contributed by atoms with Crippen LogP contribution in [0.25, 0.3) is 0 Å². The van der Waals surface area contributed by atoms with Crippen LogP contribution in [-0.4, -0.2) is 16.9 Å². The predicted molar refractivity (Wildman–Crippen MR) is 63.9 cm³/mol. The molecule has 0 aromatic heterocycles. The van der Waals surface area contributed by atoms with E-state index in [1.54, 1.807) is 0 Å². The highest BCUT2D eigenvalue weighted by Gasteiger charge is 2.27. The number of hydrogen-bond acceptors (Lipinski definition) is 3. The lowest BCUT2D eigenvalue weighted by Gasteiger charge is -2.27. The molecule has 0 spiro atoms. The molecule has 0 aliphatic heterocycles. The highest BCUT2D eigenvalue weighted by Crippen LogP contribution is 2.25. The Morgan fingerprint density at radius 2 is 1.92 bits per heavy atom. The maximum Gasteiger partial charge on any atom is 0.0605 e. The molecule has 0 aromatic rings. The van der Waals surface area contributed by atoms with Crippen LogP contribution in [0, 0.1) is 0 Å². The minimum Gasteiger partial charge on any atom is -0.322 e. The maximum atomic E-state index is 5.87. The highest BCUT2D eigenvalue weighted by molar-refractivity contribution is 9.11. The number of thiocarbonyl (C=S) groups is 1. The van der Waals surface area contributed by atoms with Crippen molar-refractivity contribution in [2.75, 3.05) is 0 Å². The SMILES string of the molecule is CC(C)=C1C=C(Br)C(N)C(N)C1=S. The third-order valence-corrected chi connectivity index (χ3v) is 3.34. The number of halogens is 1. The van der Waals surface area contributed by atoms with Crippen molar-refractivity contribution in [3.63, 3.8) is 0 Å². The van der Waals surface area contributed by atoms with Crippen LogP contribution < -0.4 is 11.5 Å². The van der Waals surface area contributed by atoms with E-state index in [4.69, 9.17) is 23.7 Å². The molecule has 0 heterocycles. The van der Waals surface area contributed by atoms with E-state index in [-0.39, 0.29) is 12.1 Å². The van der Waals surface area contributed by atoms with Gasteiger partial charge in [-0.2, -0.15) is 0 Å². The summed E-state index contributed by atoms with van der Waals surface area (Å²) in [5, 5.41) is 0. The smallest absolute Gasteiger partial charge is 0.0605 e. The summed E-state index contributed by atoms with van der Waals surface area (Å²) in [4.78, 5) is 0.760. The molecular weight excluding hydrogens is 248 g/mol. The first kappa shape index (κ1) is 11.0. The number of hydrogen-bond donors (Lipinski definition) is 2. The van der Waals surface area contributed by atoms with Crippen molar-refractivity contribution in [3.05, 3.63) is 21.7 Å². The summed E-state index contributed by atoms with van der Waals surface area (Å²) in [6, 6.07) is -0.449. The molecule has 1 aliphatic rings. The van der Waals surface area contributed by atoms with Crippen LogP contribution in [0.5, 0.6) is 0 Å². The molecule has 0 saturated carbocycles. The second-order valence-corrected chi connectivity index (χ2v) is 4.71. The fourth-order valence-electron chi connectivity index (χ4n) is 1.21. The van der Waals surface area contributed by atoms with E-state index < -0.39 is 0 Å². The molecule has 0 fully saturated rings. The zero-order valence-corrected chi connectivity index (χ0v) is 10.1. The Morgan fingerprint density at radius 3 is 2.38 bits per heavy atom. The molecule has 13 heavy (non-hydrogen) atoms. The molecule has 4 N–H and O–H groups in total. The Bertz CT molecular complexity index is 303. The maximum absolute atomic E-state index is 5.87. The van der Waals surface area contributed by atoms with Gasteiger partial charge in [0.2, 0.25) is 0 Å². The average Bonchev–Trinajstić information content (AvgIpc) is 2.07. The van der Waals surface area contributed by atoms with Crippen molar-refractivity contribution in [2.24, 2.45) is 11.5 Å². The molecule has 0 saturated heterocycles. The lowest BCUT2D eigenvalue weighted by Crippen LogP contribution is -2.49. The summed E-state index contributed by atoms with van der Waals surface area (Å²) in [6.45, 7) is 4.03. The first-order valence-corrected chi connectivity index (χ1v) is 5.25. The molecule has 1 aliphatic carbocycles. The van der Waals surface area contributed by atoms with Gasteiger partial charge >= 0.3 is 0 Å². The average molecular weight is 261 g/mol. The minimum atomic E-state index is -0.251. The Morgan fingerprint density at radius 1 is 1.38 bits per heavy atom. The van der Waals surface area contributed by atoms with Crippen molar-refractivity contribution in [2.45, 2.75) is 25.9 Å². The van der Waals surface area contributed by atoms with E-state index in [9.17, 15) is 0 Å². The third-order valence-electron chi connectivity index (χ3n) is 2.09. The summed E-state index contributed by atoms with van der Waals surface area (Å²) in [6.07, 6.45) is 1.96. The summed E-state index contributed by atoms with van der Waals surface area (Å²) < 4.78 is 0.921. The number of nitrogens with two attached hydrogens (primary N) is 2.